The number of carbonyl (C=O) groups excluding carboxylic acids is 2. The fourth-order valence-corrected chi connectivity index (χ4v) is 3.61. The molecular weight excluding hydrogens is 382 g/mol. The van der Waals surface area contributed by atoms with Crippen molar-refractivity contribution in [2.75, 3.05) is 5.32 Å². The van der Waals surface area contributed by atoms with E-state index >= 15 is 0 Å². The largest absolute Gasteiger partial charge is 0.461 e. The lowest BCUT2D eigenvalue weighted by molar-refractivity contribution is -0.115. The summed E-state index contributed by atoms with van der Waals surface area (Å²) in [6.45, 7) is 7.14. The molecule has 1 amide bonds. The first-order chi connectivity index (χ1) is 14.2. The van der Waals surface area contributed by atoms with Gasteiger partial charge in [-0.1, -0.05) is 12.1 Å². The summed E-state index contributed by atoms with van der Waals surface area (Å²) in [5, 5.41) is 4.47. The number of hydrogen-bond donors (Lipinski definition) is 1. The van der Waals surface area contributed by atoms with Gasteiger partial charge in [0.2, 0.25) is 5.91 Å². The zero-order valence-corrected chi connectivity index (χ0v) is 17.2. The summed E-state index contributed by atoms with van der Waals surface area (Å²) in [5.74, 6) is 0.364. The van der Waals surface area contributed by atoms with Crippen LogP contribution in [0.1, 0.15) is 39.7 Å². The second kappa shape index (κ2) is 7.30. The van der Waals surface area contributed by atoms with Crippen LogP contribution in [0.2, 0.25) is 0 Å². The number of anilines is 1. The predicted octanol–water partition coefficient (Wildman–Crippen LogP) is 4.85. The minimum absolute atomic E-state index is 0.0896. The maximum Gasteiger partial charge on any atom is 0.340 e. The Hall–Kier alpha value is -3.67. The van der Waals surface area contributed by atoms with Gasteiger partial charge in [0.1, 0.15) is 16.9 Å². The molecule has 0 radical (unpaired) electrons. The monoisotopic (exact) mass is 403 g/mol. The van der Waals surface area contributed by atoms with Gasteiger partial charge in [-0.15, -0.1) is 0 Å². The molecule has 2 heterocycles. The van der Waals surface area contributed by atoms with Gasteiger partial charge in [-0.3, -0.25) is 9.59 Å². The van der Waals surface area contributed by atoms with Crippen LogP contribution in [0, 0.1) is 20.8 Å². The fraction of sp³-hybridized carbons (Fsp3) is 0.208. The van der Waals surface area contributed by atoms with Gasteiger partial charge in [0.15, 0.2) is 5.78 Å². The van der Waals surface area contributed by atoms with E-state index in [1.165, 1.54) is 6.92 Å². The van der Waals surface area contributed by atoms with Crippen LogP contribution in [-0.2, 0) is 11.2 Å². The average molecular weight is 403 g/mol. The maximum atomic E-state index is 12.6. The number of amides is 1. The van der Waals surface area contributed by atoms with Crippen molar-refractivity contribution in [3.05, 3.63) is 74.8 Å². The second-order valence-electron chi connectivity index (χ2n) is 7.48. The lowest BCUT2D eigenvalue weighted by Gasteiger charge is -2.09. The van der Waals surface area contributed by atoms with Gasteiger partial charge in [0.25, 0.3) is 0 Å². The Bertz CT molecular complexity index is 1390. The number of furan rings is 1. The number of ketones is 1. The minimum atomic E-state index is -0.549. The SMILES string of the molecule is CC(=O)c1cccc(NC(=O)Cc2c(C)c3cc4c(C)c(C)oc4cc3oc2=O)c1. The van der Waals surface area contributed by atoms with Gasteiger partial charge in [-0.05, 0) is 57.0 Å². The van der Waals surface area contributed by atoms with E-state index in [9.17, 15) is 14.4 Å². The smallest absolute Gasteiger partial charge is 0.340 e. The third kappa shape index (κ3) is 3.41. The highest BCUT2D eigenvalue weighted by atomic mass is 16.4. The topological polar surface area (TPSA) is 89.5 Å². The number of fused-ring (bicyclic) bond motifs is 2. The molecule has 0 saturated heterocycles. The highest BCUT2D eigenvalue weighted by molar-refractivity contribution is 5.99. The van der Waals surface area contributed by atoms with Crippen molar-refractivity contribution in [3.63, 3.8) is 0 Å². The summed E-state index contributed by atoms with van der Waals surface area (Å²) >= 11 is 0. The number of carbonyl (C=O) groups is 2. The van der Waals surface area contributed by atoms with Crippen LogP contribution in [0.3, 0.4) is 0 Å². The highest BCUT2D eigenvalue weighted by Crippen LogP contribution is 2.31. The molecule has 2 aromatic carbocycles. The van der Waals surface area contributed by atoms with Crippen molar-refractivity contribution < 1.29 is 18.4 Å². The van der Waals surface area contributed by atoms with E-state index in [-0.39, 0.29) is 18.1 Å². The number of aryl methyl sites for hydroxylation is 3. The van der Waals surface area contributed by atoms with Gasteiger partial charge in [0.05, 0.1) is 12.0 Å². The summed E-state index contributed by atoms with van der Waals surface area (Å²) < 4.78 is 11.2. The molecule has 152 valence electrons. The van der Waals surface area contributed by atoms with Crippen molar-refractivity contribution in [2.24, 2.45) is 0 Å². The van der Waals surface area contributed by atoms with E-state index in [0.717, 1.165) is 22.1 Å². The van der Waals surface area contributed by atoms with Crippen LogP contribution in [0.25, 0.3) is 21.9 Å². The van der Waals surface area contributed by atoms with Gasteiger partial charge >= 0.3 is 5.63 Å². The normalized spacial score (nSPS) is 11.2. The Morgan fingerprint density at radius 3 is 2.37 bits per heavy atom. The Morgan fingerprint density at radius 1 is 0.933 bits per heavy atom. The number of benzene rings is 2. The molecule has 6 nitrogen and oxygen atoms in total. The van der Waals surface area contributed by atoms with Crippen molar-refractivity contribution in [1.82, 2.24) is 0 Å². The molecule has 4 aromatic rings. The molecule has 0 unspecified atom stereocenters. The van der Waals surface area contributed by atoms with Crippen LogP contribution < -0.4 is 10.9 Å². The number of rotatable bonds is 4. The lowest BCUT2D eigenvalue weighted by Crippen LogP contribution is -2.20. The Balaban J connectivity index is 1.70. The molecule has 2 aromatic heterocycles. The van der Waals surface area contributed by atoms with Crippen LogP contribution in [0.5, 0.6) is 0 Å². The molecule has 0 saturated carbocycles. The Labute approximate surface area is 172 Å². The lowest BCUT2D eigenvalue weighted by atomic mass is 10.0. The molecule has 4 rings (SSSR count). The number of nitrogens with one attached hydrogen (secondary N) is 1. The first-order valence-electron chi connectivity index (χ1n) is 9.61. The van der Waals surface area contributed by atoms with Crippen LogP contribution in [0.4, 0.5) is 5.69 Å². The molecule has 30 heavy (non-hydrogen) atoms. The van der Waals surface area contributed by atoms with Gasteiger partial charge in [-0.2, -0.15) is 0 Å². The van der Waals surface area contributed by atoms with Crippen molar-refractivity contribution >= 4 is 39.3 Å². The van der Waals surface area contributed by atoms with Gasteiger partial charge < -0.3 is 14.2 Å². The van der Waals surface area contributed by atoms with E-state index in [0.29, 0.717) is 33.5 Å². The second-order valence-corrected chi connectivity index (χ2v) is 7.48. The van der Waals surface area contributed by atoms with Crippen LogP contribution >= 0.6 is 0 Å². The average Bonchev–Trinajstić information content (AvgIpc) is 2.97. The number of hydrogen-bond acceptors (Lipinski definition) is 5. The molecular formula is C24H21NO5. The molecule has 1 N–H and O–H groups in total. The minimum Gasteiger partial charge on any atom is -0.461 e. The summed E-state index contributed by atoms with van der Waals surface area (Å²) in [4.78, 5) is 36.7. The van der Waals surface area contributed by atoms with Gasteiger partial charge in [-0.25, -0.2) is 4.79 Å². The quantitative estimate of drug-likeness (QED) is 0.389. The van der Waals surface area contributed by atoms with E-state index in [4.69, 9.17) is 8.83 Å². The predicted molar refractivity (Wildman–Crippen MR) is 115 cm³/mol. The van der Waals surface area contributed by atoms with E-state index in [1.54, 1.807) is 30.3 Å². The zero-order chi connectivity index (χ0) is 21.6. The Kier molecular flexibility index (Phi) is 4.78. The molecule has 0 atom stereocenters. The van der Waals surface area contributed by atoms with E-state index < -0.39 is 5.63 Å². The summed E-state index contributed by atoms with van der Waals surface area (Å²) in [6, 6.07) is 10.3. The Morgan fingerprint density at radius 2 is 1.63 bits per heavy atom. The third-order valence-electron chi connectivity index (χ3n) is 5.47. The first kappa shape index (κ1) is 19.6. The summed E-state index contributed by atoms with van der Waals surface area (Å²) in [7, 11) is 0. The molecule has 0 spiro atoms. The van der Waals surface area contributed by atoms with E-state index in [1.807, 2.05) is 26.8 Å². The number of Topliss-reactive ketones (excluding diaryl/α,β-unsaturated/α-hetero) is 1. The van der Waals surface area contributed by atoms with Crippen molar-refractivity contribution in [2.45, 2.75) is 34.1 Å². The molecule has 0 aliphatic heterocycles. The van der Waals surface area contributed by atoms with Crippen LogP contribution in [-0.4, -0.2) is 11.7 Å². The highest BCUT2D eigenvalue weighted by Gasteiger charge is 2.18. The van der Waals surface area contributed by atoms with Gasteiger partial charge in [0, 0.05) is 28.1 Å². The van der Waals surface area contributed by atoms with Crippen molar-refractivity contribution in [1.29, 1.82) is 0 Å². The summed E-state index contributed by atoms with van der Waals surface area (Å²) in [6.07, 6.45) is -0.129. The van der Waals surface area contributed by atoms with Crippen LogP contribution in [0.15, 0.2) is 50.0 Å². The third-order valence-corrected chi connectivity index (χ3v) is 5.47. The first-order valence-corrected chi connectivity index (χ1v) is 9.61. The molecule has 0 fully saturated rings. The summed E-state index contributed by atoms with van der Waals surface area (Å²) in [5.41, 5.74) is 3.59. The van der Waals surface area contributed by atoms with E-state index in [2.05, 4.69) is 5.32 Å². The molecule has 0 bridgehead atoms. The molecule has 0 aliphatic rings. The molecule has 6 heteroatoms. The fourth-order valence-electron chi connectivity index (χ4n) is 3.61. The molecule has 0 aliphatic carbocycles. The standard InChI is InChI=1S/C24H21NO5/c1-12-15(4)29-21-11-22-19(9-18(12)21)13(2)20(24(28)30-22)10-23(27)25-17-7-5-6-16(8-17)14(3)26/h5-9,11H,10H2,1-4H3,(H,25,27). The zero-order valence-electron chi connectivity index (χ0n) is 17.2. The van der Waals surface area contributed by atoms with Crippen molar-refractivity contribution in [3.8, 4) is 0 Å². The maximum absolute atomic E-state index is 12.6.